The molecule has 6 heteroatoms. The molecule has 0 aromatic carbocycles. The number of carbonyl (C=O) groups excluding carboxylic acids is 2. The minimum Gasteiger partial charge on any atom is -0.342 e. The van der Waals surface area contributed by atoms with Crippen molar-refractivity contribution in [2.45, 2.75) is 39.5 Å². The molecule has 2 amide bonds. The van der Waals surface area contributed by atoms with Crippen molar-refractivity contribution in [3.05, 3.63) is 10.6 Å². The van der Waals surface area contributed by atoms with Crippen LogP contribution in [0, 0.1) is 25.7 Å². The minimum absolute atomic E-state index is 0.00273. The van der Waals surface area contributed by atoms with E-state index in [9.17, 15) is 9.59 Å². The molecule has 1 aliphatic heterocycles. The zero-order chi connectivity index (χ0) is 15.0. The second-order valence-electron chi connectivity index (χ2n) is 6.05. The van der Waals surface area contributed by atoms with Crippen LogP contribution in [0.25, 0.3) is 0 Å². The van der Waals surface area contributed by atoms with Gasteiger partial charge in [-0.1, -0.05) is 0 Å². The highest BCUT2D eigenvalue weighted by Crippen LogP contribution is 2.32. The van der Waals surface area contributed by atoms with Gasteiger partial charge in [0.25, 0.3) is 0 Å². The molecule has 1 atom stereocenters. The fourth-order valence-corrected chi connectivity index (χ4v) is 3.53. The summed E-state index contributed by atoms with van der Waals surface area (Å²) >= 11 is 1.51. The summed E-state index contributed by atoms with van der Waals surface area (Å²) in [6.45, 7) is 5.30. The summed E-state index contributed by atoms with van der Waals surface area (Å²) in [5.41, 5.74) is 0.962. The molecule has 3 rings (SSSR count). The molecule has 0 radical (unpaired) electrons. The lowest BCUT2D eigenvalue weighted by Crippen LogP contribution is -2.44. The van der Waals surface area contributed by atoms with E-state index >= 15 is 0 Å². The van der Waals surface area contributed by atoms with E-state index in [1.807, 2.05) is 18.7 Å². The van der Waals surface area contributed by atoms with E-state index in [1.54, 1.807) is 0 Å². The quantitative estimate of drug-likeness (QED) is 0.932. The molecule has 0 spiro atoms. The van der Waals surface area contributed by atoms with Crippen LogP contribution in [0.1, 0.15) is 36.3 Å². The SMILES string of the molecule is Cc1nc(NC(=O)[C@@H]2CCCN(C(=O)C3CC3)C2)sc1C. The molecule has 2 fully saturated rings. The number of nitrogens with zero attached hydrogens (tertiary/aromatic N) is 2. The maximum Gasteiger partial charge on any atom is 0.231 e. The van der Waals surface area contributed by atoms with Gasteiger partial charge in [0.1, 0.15) is 0 Å². The maximum atomic E-state index is 12.4. The number of piperidine rings is 1. The highest BCUT2D eigenvalue weighted by atomic mass is 32.1. The van der Waals surface area contributed by atoms with Crippen molar-refractivity contribution in [1.82, 2.24) is 9.88 Å². The Balaban J connectivity index is 1.59. The van der Waals surface area contributed by atoms with Gasteiger partial charge in [-0.05, 0) is 39.5 Å². The van der Waals surface area contributed by atoms with Crippen LogP contribution in [-0.2, 0) is 9.59 Å². The van der Waals surface area contributed by atoms with Gasteiger partial charge in [0.2, 0.25) is 11.8 Å². The smallest absolute Gasteiger partial charge is 0.231 e. The second-order valence-corrected chi connectivity index (χ2v) is 7.25. The summed E-state index contributed by atoms with van der Waals surface area (Å²) in [6, 6.07) is 0. The van der Waals surface area contributed by atoms with Crippen LogP contribution in [0.15, 0.2) is 0 Å². The van der Waals surface area contributed by atoms with Crippen LogP contribution in [-0.4, -0.2) is 34.8 Å². The van der Waals surface area contributed by atoms with Gasteiger partial charge in [-0.2, -0.15) is 0 Å². The Labute approximate surface area is 128 Å². The third kappa shape index (κ3) is 3.26. The van der Waals surface area contributed by atoms with Crippen molar-refractivity contribution in [3.63, 3.8) is 0 Å². The van der Waals surface area contributed by atoms with E-state index in [1.165, 1.54) is 11.3 Å². The van der Waals surface area contributed by atoms with Crippen molar-refractivity contribution >= 4 is 28.3 Å². The van der Waals surface area contributed by atoms with Crippen LogP contribution < -0.4 is 5.32 Å². The number of amides is 2. The zero-order valence-electron chi connectivity index (χ0n) is 12.5. The first-order chi connectivity index (χ1) is 10.0. The molecule has 1 aliphatic carbocycles. The Kier molecular flexibility index (Phi) is 3.97. The first-order valence-corrected chi connectivity index (χ1v) is 8.40. The molecule has 1 N–H and O–H groups in total. The fraction of sp³-hybridized carbons (Fsp3) is 0.667. The third-order valence-corrected chi connectivity index (χ3v) is 5.28. The molecule has 5 nitrogen and oxygen atoms in total. The van der Waals surface area contributed by atoms with Gasteiger partial charge in [-0.15, -0.1) is 11.3 Å². The summed E-state index contributed by atoms with van der Waals surface area (Å²) in [4.78, 5) is 31.8. The van der Waals surface area contributed by atoms with E-state index in [4.69, 9.17) is 0 Å². The summed E-state index contributed by atoms with van der Waals surface area (Å²) in [6.07, 6.45) is 3.80. The average Bonchev–Trinajstić information content (AvgIpc) is 3.26. The molecule has 1 saturated heterocycles. The molecule has 1 aromatic rings. The molecule has 2 aliphatic rings. The Bertz CT molecular complexity index is 546. The molecule has 0 bridgehead atoms. The number of hydrogen-bond donors (Lipinski definition) is 1. The van der Waals surface area contributed by atoms with E-state index in [-0.39, 0.29) is 23.7 Å². The maximum absolute atomic E-state index is 12.4. The molecule has 2 heterocycles. The van der Waals surface area contributed by atoms with Crippen molar-refractivity contribution in [2.24, 2.45) is 11.8 Å². The monoisotopic (exact) mass is 307 g/mol. The number of nitrogens with one attached hydrogen (secondary N) is 1. The van der Waals surface area contributed by atoms with Crippen LogP contribution in [0.2, 0.25) is 0 Å². The number of carbonyl (C=O) groups is 2. The van der Waals surface area contributed by atoms with Crippen molar-refractivity contribution in [1.29, 1.82) is 0 Å². The highest BCUT2D eigenvalue weighted by Gasteiger charge is 2.36. The lowest BCUT2D eigenvalue weighted by molar-refractivity contribution is -0.135. The lowest BCUT2D eigenvalue weighted by Gasteiger charge is -2.32. The zero-order valence-corrected chi connectivity index (χ0v) is 13.3. The van der Waals surface area contributed by atoms with Crippen LogP contribution in [0.4, 0.5) is 5.13 Å². The Morgan fingerprint density at radius 1 is 1.24 bits per heavy atom. The number of hydrogen-bond acceptors (Lipinski definition) is 4. The van der Waals surface area contributed by atoms with Crippen molar-refractivity contribution in [2.75, 3.05) is 18.4 Å². The van der Waals surface area contributed by atoms with Gasteiger partial charge in [0.05, 0.1) is 11.6 Å². The largest absolute Gasteiger partial charge is 0.342 e. The first-order valence-electron chi connectivity index (χ1n) is 7.58. The Morgan fingerprint density at radius 3 is 2.62 bits per heavy atom. The summed E-state index contributed by atoms with van der Waals surface area (Å²) in [5, 5.41) is 3.58. The van der Waals surface area contributed by atoms with Gasteiger partial charge >= 0.3 is 0 Å². The fourth-order valence-electron chi connectivity index (χ4n) is 2.71. The van der Waals surface area contributed by atoms with Gasteiger partial charge < -0.3 is 10.2 Å². The third-order valence-electron chi connectivity index (χ3n) is 4.29. The number of rotatable bonds is 3. The first kappa shape index (κ1) is 14.5. The van der Waals surface area contributed by atoms with Gasteiger partial charge in [0, 0.05) is 23.9 Å². The minimum atomic E-state index is -0.106. The predicted octanol–water partition coefficient (Wildman–Crippen LogP) is 2.35. The average molecular weight is 307 g/mol. The highest BCUT2D eigenvalue weighted by molar-refractivity contribution is 7.15. The number of thiazole rings is 1. The number of aromatic nitrogens is 1. The van der Waals surface area contributed by atoms with Crippen LogP contribution in [0.3, 0.4) is 0 Å². The van der Waals surface area contributed by atoms with Crippen molar-refractivity contribution in [3.8, 4) is 0 Å². The van der Waals surface area contributed by atoms with Gasteiger partial charge in [-0.3, -0.25) is 9.59 Å². The summed E-state index contributed by atoms with van der Waals surface area (Å²) in [5.74, 6) is 0.368. The number of likely N-dealkylation sites (tertiary alicyclic amines) is 1. The molecular weight excluding hydrogens is 286 g/mol. The number of aryl methyl sites for hydroxylation is 2. The summed E-state index contributed by atoms with van der Waals surface area (Å²) in [7, 11) is 0. The second kappa shape index (κ2) is 5.75. The Hall–Kier alpha value is -1.43. The van der Waals surface area contributed by atoms with E-state index in [2.05, 4.69) is 10.3 Å². The predicted molar refractivity (Wildman–Crippen MR) is 82.2 cm³/mol. The topological polar surface area (TPSA) is 62.3 Å². The van der Waals surface area contributed by atoms with Crippen LogP contribution >= 0.6 is 11.3 Å². The van der Waals surface area contributed by atoms with Gasteiger partial charge in [-0.25, -0.2) is 4.98 Å². The van der Waals surface area contributed by atoms with Crippen molar-refractivity contribution < 1.29 is 9.59 Å². The molecule has 114 valence electrons. The molecular formula is C15H21N3O2S. The van der Waals surface area contributed by atoms with E-state index < -0.39 is 0 Å². The normalized spacial score (nSPS) is 22.2. The van der Waals surface area contributed by atoms with Gasteiger partial charge in [0.15, 0.2) is 5.13 Å². The van der Waals surface area contributed by atoms with E-state index in [0.717, 1.165) is 42.8 Å². The molecule has 0 unspecified atom stereocenters. The lowest BCUT2D eigenvalue weighted by atomic mass is 9.97. The van der Waals surface area contributed by atoms with E-state index in [0.29, 0.717) is 11.7 Å². The Morgan fingerprint density at radius 2 is 2.00 bits per heavy atom. The standard InChI is InChI=1S/C15H21N3O2S/c1-9-10(2)21-15(16-9)17-13(19)12-4-3-7-18(8-12)14(20)11-5-6-11/h11-12H,3-8H2,1-2H3,(H,16,17,19)/t12-/m1/s1. The molecule has 1 saturated carbocycles. The molecule has 21 heavy (non-hydrogen) atoms. The molecule has 1 aromatic heterocycles. The number of anilines is 1. The summed E-state index contributed by atoms with van der Waals surface area (Å²) < 4.78 is 0. The van der Waals surface area contributed by atoms with Crippen LogP contribution in [0.5, 0.6) is 0 Å².